The molecule has 1 fully saturated rings. The first-order valence-electron chi connectivity index (χ1n) is 4.62. The van der Waals surface area contributed by atoms with Crippen molar-refractivity contribution < 1.29 is 13.6 Å². The average molecular weight is 212 g/mol. The van der Waals surface area contributed by atoms with Gasteiger partial charge in [-0.15, -0.1) is 0 Å². The number of nitrogens with zero attached hydrogens (tertiary/aromatic N) is 1. The Morgan fingerprint density at radius 3 is 2.73 bits per heavy atom. The van der Waals surface area contributed by atoms with Crippen LogP contribution in [0.3, 0.4) is 0 Å². The van der Waals surface area contributed by atoms with Crippen molar-refractivity contribution in [2.24, 2.45) is 5.73 Å². The Morgan fingerprint density at radius 2 is 2.13 bits per heavy atom. The fourth-order valence-corrected chi connectivity index (χ4v) is 1.64. The highest BCUT2D eigenvalue weighted by Gasteiger charge is 2.31. The minimum absolute atomic E-state index is 0.0343. The van der Waals surface area contributed by atoms with Gasteiger partial charge in [0, 0.05) is 6.54 Å². The number of benzene rings is 1. The van der Waals surface area contributed by atoms with Crippen LogP contribution in [-0.2, 0) is 4.79 Å². The molecule has 1 aromatic rings. The van der Waals surface area contributed by atoms with Gasteiger partial charge in [0.15, 0.2) is 11.6 Å². The predicted molar refractivity (Wildman–Crippen MR) is 51.3 cm³/mol. The summed E-state index contributed by atoms with van der Waals surface area (Å²) in [5, 5.41) is 0. The normalized spacial score (nSPS) is 21.1. The van der Waals surface area contributed by atoms with Crippen molar-refractivity contribution in [1.82, 2.24) is 0 Å². The van der Waals surface area contributed by atoms with Crippen molar-refractivity contribution in [2.45, 2.75) is 12.5 Å². The quantitative estimate of drug-likeness (QED) is 0.755. The van der Waals surface area contributed by atoms with Gasteiger partial charge in [-0.2, -0.15) is 0 Å². The summed E-state index contributed by atoms with van der Waals surface area (Å²) in [5.74, 6) is -2.32. The minimum Gasteiger partial charge on any atom is -0.320 e. The van der Waals surface area contributed by atoms with Gasteiger partial charge in [-0.3, -0.25) is 4.79 Å². The standard InChI is InChI=1S/C10H10F2N2O/c11-6-2-1-3-8(9(6)12)14-5-4-7(13)10(14)15/h1-3,7H,4-5,13H2. The van der Waals surface area contributed by atoms with Crippen LogP contribution in [0.1, 0.15) is 6.42 Å². The Bertz CT molecular complexity index is 408. The van der Waals surface area contributed by atoms with E-state index < -0.39 is 17.7 Å². The van der Waals surface area contributed by atoms with Gasteiger partial charge in [0.2, 0.25) is 5.91 Å². The van der Waals surface area contributed by atoms with Crippen LogP contribution in [0.2, 0.25) is 0 Å². The lowest BCUT2D eigenvalue weighted by Crippen LogP contribution is -2.34. The highest BCUT2D eigenvalue weighted by Crippen LogP contribution is 2.25. The van der Waals surface area contributed by atoms with E-state index in [1.165, 1.54) is 17.0 Å². The smallest absolute Gasteiger partial charge is 0.244 e. The maximum Gasteiger partial charge on any atom is 0.244 e. The lowest BCUT2D eigenvalue weighted by atomic mass is 10.2. The van der Waals surface area contributed by atoms with Crippen molar-refractivity contribution in [3.63, 3.8) is 0 Å². The average Bonchev–Trinajstić information content (AvgIpc) is 2.53. The van der Waals surface area contributed by atoms with Crippen LogP contribution in [0.25, 0.3) is 0 Å². The lowest BCUT2D eigenvalue weighted by molar-refractivity contribution is -0.118. The van der Waals surface area contributed by atoms with Gasteiger partial charge < -0.3 is 10.6 Å². The monoisotopic (exact) mass is 212 g/mol. The molecule has 2 rings (SSSR count). The molecular weight excluding hydrogens is 202 g/mol. The van der Waals surface area contributed by atoms with Gasteiger partial charge >= 0.3 is 0 Å². The predicted octanol–water partition coefficient (Wildman–Crippen LogP) is 1.03. The summed E-state index contributed by atoms with van der Waals surface area (Å²) in [6.45, 7) is 0.334. The molecule has 1 aliphatic rings. The van der Waals surface area contributed by atoms with E-state index in [-0.39, 0.29) is 11.6 Å². The second-order valence-corrected chi connectivity index (χ2v) is 3.46. The maximum atomic E-state index is 13.3. The van der Waals surface area contributed by atoms with E-state index in [1.54, 1.807) is 0 Å². The van der Waals surface area contributed by atoms with Gasteiger partial charge in [0.05, 0.1) is 11.7 Å². The fourth-order valence-electron chi connectivity index (χ4n) is 1.64. The van der Waals surface area contributed by atoms with Crippen molar-refractivity contribution in [3.8, 4) is 0 Å². The molecule has 0 saturated carbocycles. The third-order valence-corrected chi connectivity index (χ3v) is 2.47. The van der Waals surface area contributed by atoms with E-state index in [2.05, 4.69) is 0 Å². The van der Waals surface area contributed by atoms with Crippen LogP contribution < -0.4 is 10.6 Å². The molecule has 0 bridgehead atoms. The Labute approximate surface area is 85.5 Å². The molecule has 1 saturated heterocycles. The first-order chi connectivity index (χ1) is 7.11. The number of carbonyl (C=O) groups excluding carboxylic acids is 1. The molecule has 1 unspecified atom stereocenters. The van der Waals surface area contributed by atoms with Gasteiger partial charge in [-0.1, -0.05) is 6.07 Å². The third-order valence-electron chi connectivity index (χ3n) is 2.47. The number of hydrogen-bond acceptors (Lipinski definition) is 2. The molecule has 2 N–H and O–H groups in total. The Balaban J connectivity index is 2.38. The molecule has 3 nitrogen and oxygen atoms in total. The highest BCUT2D eigenvalue weighted by atomic mass is 19.2. The third kappa shape index (κ3) is 1.59. The van der Waals surface area contributed by atoms with Crippen molar-refractivity contribution in [3.05, 3.63) is 29.8 Å². The largest absolute Gasteiger partial charge is 0.320 e. The van der Waals surface area contributed by atoms with Crippen LogP contribution in [0.4, 0.5) is 14.5 Å². The fraction of sp³-hybridized carbons (Fsp3) is 0.300. The zero-order valence-electron chi connectivity index (χ0n) is 7.91. The number of carbonyl (C=O) groups is 1. The van der Waals surface area contributed by atoms with E-state index >= 15 is 0 Å². The number of halogens is 2. The molecule has 1 atom stereocenters. The van der Waals surface area contributed by atoms with E-state index in [1.807, 2.05) is 0 Å². The molecule has 1 amide bonds. The summed E-state index contributed by atoms with van der Waals surface area (Å²) < 4.78 is 26.3. The van der Waals surface area contributed by atoms with Crippen LogP contribution in [-0.4, -0.2) is 18.5 Å². The molecule has 0 aromatic heterocycles. The Kier molecular flexibility index (Phi) is 2.40. The van der Waals surface area contributed by atoms with E-state index in [0.29, 0.717) is 13.0 Å². The number of rotatable bonds is 1. The molecule has 5 heteroatoms. The first kappa shape index (κ1) is 10.0. The Hall–Kier alpha value is -1.49. The summed E-state index contributed by atoms with van der Waals surface area (Å²) in [4.78, 5) is 12.7. The molecule has 15 heavy (non-hydrogen) atoms. The zero-order chi connectivity index (χ0) is 11.0. The minimum atomic E-state index is -1.00. The van der Waals surface area contributed by atoms with Crippen molar-refractivity contribution in [2.75, 3.05) is 11.4 Å². The first-order valence-corrected chi connectivity index (χ1v) is 4.62. The molecule has 0 radical (unpaired) electrons. The van der Waals surface area contributed by atoms with Gasteiger partial charge in [0.25, 0.3) is 0 Å². The summed E-state index contributed by atoms with van der Waals surface area (Å²) in [5.41, 5.74) is 5.45. The van der Waals surface area contributed by atoms with Crippen LogP contribution >= 0.6 is 0 Å². The molecule has 0 aliphatic carbocycles. The Morgan fingerprint density at radius 1 is 1.40 bits per heavy atom. The van der Waals surface area contributed by atoms with E-state index in [9.17, 15) is 13.6 Å². The second kappa shape index (κ2) is 3.58. The van der Waals surface area contributed by atoms with Gasteiger partial charge in [-0.25, -0.2) is 8.78 Å². The van der Waals surface area contributed by atoms with E-state index in [4.69, 9.17) is 5.73 Å². The van der Waals surface area contributed by atoms with Crippen LogP contribution in [0.15, 0.2) is 18.2 Å². The van der Waals surface area contributed by atoms with Gasteiger partial charge in [0.1, 0.15) is 0 Å². The van der Waals surface area contributed by atoms with Crippen LogP contribution in [0, 0.1) is 11.6 Å². The number of nitrogens with two attached hydrogens (primary N) is 1. The molecule has 80 valence electrons. The topological polar surface area (TPSA) is 46.3 Å². The van der Waals surface area contributed by atoms with Crippen LogP contribution in [0.5, 0.6) is 0 Å². The molecular formula is C10H10F2N2O. The summed E-state index contributed by atoms with van der Waals surface area (Å²) >= 11 is 0. The number of amides is 1. The maximum absolute atomic E-state index is 13.3. The summed E-state index contributed by atoms with van der Waals surface area (Å²) in [6.07, 6.45) is 0.467. The molecule has 1 aliphatic heterocycles. The second-order valence-electron chi connectivity index (χ2n) is 3.46. The summed E-state index contributed by atoms with van der Waals surface area (Å²) in [7, 11) is 0. The van der Waals surface area contributed by atoms with Gasteiger partial charge in [-0.05, 0) is 18.6 Å². The summed E-state index contributed by atoms with van der Waals surface area (Å²) in [6, 6.07) is 3.14. The SMILES string of the molecule is NC1CCN(c2cccc(F)c2F)C1=O. The highest BCUT2D eigenvalue weighted by molar-refractivity contribution is 5.99. The van der Waals surface area contributed by atoms with E-state index in [0.717, 1.165) is 6.07 Å². The van der Waals surface area contributed by atoms with Crippen molar-refractivity contribution in [1.29, 1.82) is 0 Å². The zero-order valence-corrected chi connectivity index (χ0v) is 7.91. The lowest BCUT2D eigenvalue weighted by Gasteiger charge is -2.16. The number of hydrogen-bond donors (Lipinski definition) is 1. The molecule has 1 heterocycles. The number of anilines is 1. The molecule has 0 spiro atoms. The van der Waals surface area contributed by atoms with Crippen molar-refractivity contribution >= 4 is 11.6 Å². The molecule has 1 aromatic carbocycles.